The van der Waals surface area contributed by atoms with Crippen LogP contribution >= 0.6 is 15.9 Å². The van der Waals surface area contributed by atoms with Gasteiger partial charge in [-0.15, -0.1) is 0 Å². The third kappa shape index (κ3) is 3.80. The maximum atomic E-state index is 12.2. The molecule has 0 saturated carbocycles. The smallest absolute Gasteiger partial charge is 0.141 e. The highest BCUT2D eigenvalue weighted by atomic mass is 79.9. The first-order valence-corrected chi connectivity index (χ1v) is 7.58. The second kappa shape index (κ2) is 6.36. The molecule has 2 aromatic carbocycles. The van der Waals surface area contributed by atoms with E-state index in [2.05, 4.69) is 48.8 Å². The summed E-state index contributed by atoms with van der Waals surface area (Å²) in [5, 5.41) is 0. The van der Waals surface area contributed by atoms with Gasteiger partial charge in [0.25, 0.3) is 0 Å². The van der Waals surface area contributed by atoms with Crippen LogP contribution in [0.25, 0.3) is 0 Å². The first kappa shape index (κ1) is 15.0. The Hall–Kier alpha value is -1.41. The number of Topliss-reactive ketones (excluding diaryl/α,β-unsaturated/α-hetero) is 1. The van der Waals surface area contributed by atoms with Gasteiger partial charge in [-0.25, -0.2) is 0 Å². The molecule has 0 amide bonds. The van der Waals surface area contributed by atoms with E-state index in [0.29, 0.717) is 12.8 Å². The van der Waals surface area contributed by atoms with Gasteiger partial charge in [-0.05, 0) is 55.2 Å². The normalized spacial score (nSPS) is 10.6. The third-order valence-corrected chi connectivity index (χ3v) is 4.06. The zero-order valence-electron chi connectivity index (χ0n) is 12.2. The number of rotatable bonds is 4. The van der Waals surface area contributed by atoms with Gasteiger partial charge in [0.2, 0.25) is 0 Å². The molecule has 0 saturated heterocycles. The average molecular weight is 331 g/mol. The van der Waals surface area contributed by atoms with Gasteiger partial charge in [0, 0.05) is 17.3 Å². The summed E-state index contributed by atoms with van der Waals surface area (Å²) in [7, 11) is 0. The largest absolute Gasteiger partial charge is 0.299 e. The Morgan fingerprint density at radius 3 is 2.05 bits per heavy atom. The van der Waals surface area contributed by atoms with Crippen LogP contribution in [-0.2, 0) is 17.6 Å². The summed E-state index contributed by atoms with van der Waals surface area (Å²) in [6.07, 6.45) is 1.02. The van der Waals surface area contributed by atoms with E-state index in [-0.39, 0.29) is 5.78 Å². The van der Waals surface area contributed by atoms with Crippen molar-refractivity contribution in [3.05, 3.63) is 68.7 Å². The topological polar surface area (TPSA) is 17.1 Å². The molecule has 2 aromatic rings. The molecule has 0 spiro atoms. The second-order valence-electron chi connectivity index (χ2n) is 5.40. The molecule has 2 heteroatoms. The summed E-state index contributed by atoms with van der Waals surface area (Å²) in [6.45, 7) is 6.26. The van der Waals surface area contributed by atoms with E-state index in [0.717, 1.165) is 10.0 Å². The molecule has 0 bridgehead atoms. The Morgan fingerprint density at radius 1 is 0.950 bits per heavy atom. The first-order valence-electron chi connectivity index (χ1n) is 6.78. The SMILES string of the molecule is Cc1cc(C)c(CC(=O)Cc2ccc(Br)cc2)c(C)c1. The van der Waals surface area contributed by atoms with Crippen LogP contribution in [0.4, 0.5) is 0 Å². The molecule has 0 atom stereocenters. The van der Waals surface area contributed by atoms with Crippen molar-refractivity contribution in [3.63, 3.8) is 0 Å². The Kier molecular flexibility index (Phi) is 4.77. The molecule has 0 aliphatic rings. The van der Waals surface area contributed by atoms with Gasteiger partial charge < -0.3 is 0 Å². The predicted octanol–water partition coefficient (Wildman–Crippen LogP) is 4.73. The molecule has 0 aliphatic carbocycles. The molecule has 0 fully saturated rings. The summed E-state index contributed by atoms with van der Waals surface area (Å²) in [6, 6.07) is 12.2. The molecular weight excluding hydrogens is 312 g/mol. The fraction of sp³-hybridized carbons (Fsp3) is 0.278. The van der Waals surface area contributed by atoms with E-state index in [1.807, 2.05) is 24.3 Å². The Balaban J connectivity index is 2.10. The number of carbonyl (C=O) groups excluding carboxylic acids is 1. The third-order valence-electron chi connectivity index (χ3n) is 3.53. The molecule has 0 radical (unpaired) electrons. The zero-order valence-corrected chi connectivity index (χ0v) is 13.8. The fourth-order valence-electron chi connectivity index (χ4n) is 2.58. The lowest BCUT2D eigenvalue weighted by Crippen LogP contribution is -2.09. The van der Waals surface area contributed by atoms with Crippen LogP contribution in [-0.4, -0.2) is 5.78 Å². The van der Waals surface area contributed by atoms with Crippen molar-refractivity contribution in [2.45, 2.75) is 33.6 Å². The van der Waals surface area contributed by atoms with Crippen molar-refractivity contribution in [2.75, 3.05) is 0 Å². The van der Waals surface area contributed by atoms with E-state index in [9.17, 15) is 4.79 Å². The number of hydrogen-bond acceptors (Lipinski definition) is 1. The molecule has 0 unspecified atom stereocenters. The summed E-state index contributed by atoms with van der Waals surface area (Å²) < 4.78 is 1.04. The van der Waals surface area contributed by atoms with E-state index >= 15 is 0 Å². The van der Waals surface area contributed by atoms with Crippen molar-refractivity contribution in [2.24, 2.45) is 0 Å². The van der Waals surface area contributed by atoms with Crippen LogP contribution < -0.4 is 0 Å². The van der Waals surface area contributed by atoms with Gasteiger partial charge in [-0.1, -0.05) is 45.8 Å². The minimum absolute atomic E-state index is 0.266. The summed E-state index contributed by atoms with van der Waals surface area (Å²) in [5.74, 6) is 0.266. The molecule has 0 heterocycles. The van der Waals surface area contributed by atoms with Crippen molar-refractivity contribution < 1.29 is 4.79 Å². The van der Waals surface area contributed by atoms with Crippen LogP contribution in [0.3, 0.4) is 0 Å². The lowest BCUT2D eigenvalue weighted by atomic mass is 9.94. The van der Waals surface area contributed by atoms with Crippen molar-refractivity contribution in [1.82, 2.24) is 0 Å². The molecular formula is C18H19BrO. The van der Waals surface area contributed by atoms with E-state index in [1.54, 1.807) is 0 Å². The highest BCUT2D eigenvalue weighted by Crippen LogP contribution is 2.18. The molecule has 1 nitrogen and oxygen atoms in total. The van der Waals surface area contributed by atoms with Crippen molar-refractivity contribution in [1.29, 1.82) is 0 Å². The minimum Gasteiger partial charge on any atom is -0.299 e. The van der Waals surface area contributed by atoms with Crippen molar-refractivity contribution in [3.8, 4) is 0 Å². The number of aryl methyl sites for hydroxylation is 3. The molecule has 104 valence electrons. The number of ketones is 1. The average Bonchev–Trinajstić information content (AvgIpc) is 2.36. The van der Waals surface area contributed by atoms with Gasteiger partial charge in [-0.2, -0.15) is 0 Å². The van der Waals surface area contributed by atoms with E-state index < -0.39 is 0 Å². The quantitative estimate of drug-likeness (QED) is 0.792. The number of benzene rings is 2. The van der Waals surface area contributed by atoms with Crippen LogP contribution in [0.1, 0.15) is 27.8 Å². The monoisotopic (exact) mass is 330 g/mol. The van der Waals surface area contributed by atoms with Crippen LogP contribution in [0.5, 0.6) is 0 Å². The van der Waals surface area contributed by atoms with Gasteiger partial charge in [-0.3, -0.25) is 4.79 Å². The van der Waals surface area contributed by atoms with Gasteiger partial charge in [0.15, 0.2) is 0 Å². The van der Waals surface area contributed by atoms with Crippen LogP contribution in [0.2, 0.25) is 0 Å². The number of halogens is 1. The first-order chi connectivity index (χ1) is 9.45. The van der Waals surface area contributed by atoms with Crippen LogP contribution in [0, 0.1) is 20.8 Å². The fourth-order valence-corrected chi connectivity index (χ4v) is 2.84. The molecule has 20 heavy (non-hydrogen) atoms. The number of carbonyl (C=O) groups is 1. The summed E-state index contributed by atoms with van der Waals surface area (Å²) >= 11 is 3.41. The van der Waals surface area contributed by atoms with E-state index in [1.165, 1.54) is 22.3 Å². The Bertz CT molecular complexity index is 603. The Morgan fingerprint density at radius 2 is 1.50 bits per heavy atom. The summed E-state index contributed by atoms with van der Waals surface area (Å²) in [5.41, 5.74) is 5.93. The number of hydrogen-bond donors (Lipinski definition) is 0. The zero-order chi connectivity index (χ0) is 14.7. The second-order valence-corrected chi connectivity index (χ2v) is 6.31. The van der Waals surface area contributed by atoms with Gasteiger partial charge >= 0.3 is 0 Å². The maximum Gasteiger partial charge on any atom is 0.141 e. The maximum absolute atomic E-state index is 12.2. The van der Waals surface area contributed by atoms with E-state index in [4.69, 9.17) is 0 Å². The van der Waals surface area contributed by atoms with Crippen molar-refractivity contribution >= 4 is 21.7 Å². The molecule has 0 N–H and O–H groups in total. The highest BCUT2D eigenvalue weighted by Gasteiger charge is 2.10. The van der Waals surface area contributed by atoms with Gasteiger partial charge in [0.1, 0.15) is 5.78 Å². The standard InChI is InChI=1S/C18H19BrO/c1-12-8-13(2)18(14(3)9-12)11-17(20)10-15-4-6-16(19)7-5-15/h4-9H,10-11H2,1-3H3. The molecule has 2 rings (SSSR count). The molecule has 0 aliphatic heterocycles. The minimum atomic E-state index is 0.266. The Labute approximate surface area is 129 Å². The molecule has 0 aromatic heterocycles. The van der Waals surface area contributed by atoms with Gasteiger partial charge in [0.05, 0.1) is 0 Å². The van der Waals surface area contributed by atoms with Crippen LogP contribution in [0.15, 0.2) is 40.9 Å². The predicted molar refractivity (Wildman–Crippen MR) is 87.2 cm³/mol. The highest BCUT2D eigenvalue weighted by molar-refractivity contribution is 9.10. The lowest BCUT2D eigenvalue weighted by Gasteiger charge is -2.11. The lowest BCUT2D eigenvalue weighted by molar-refractivity contribution is -0.117. The summed E-state index contributed by atoms with van der Waals surface area (Å²) in [4.78, 5) is 12.2.